The number of anilines is 1. The van der Waals surface area contributed by atoms with Gasteiger partial charge in [-0.1, -0.05) is 31.2 Å². The topological polar surface area (TPSA) is 69.9 Å². The van der Waals surface area contributed by atoms with Gasteiger partial charge < -0.3 is 11.6 Å². The average Bonchev–Trinajstić information content (AvgIpc) is 2.60. The van der Waals surface area contributed by atoms with E-state index in [1.54, 1.807) is 0 Å². The van der Waals surface area contributed by atoms with Gasteiger partial charge >= 0.3 is 0 Å². The van der Waals surface area contributed by atoms with Crippen molar-refractivity contribution >= 4 is 5.82 Å². The third-order valence-electron chi connectivity index (χ3n) is 2.49. The lowest BCUT2D eigenvalue weighted by molar-refractivity contribution is 1.01. The summed E-state index contributed by atoms with van der Waals surface area (Å²) in [4.78, 5) is 4.21. The first kappa shape index (κ1) is 9.58. The van der Waals surface area contributed by atoms with Gasteiger partial charge in [-0.25, -0.2) is 9.66 Å². The summed E-state index contributed by atoms with van der Waals surface area (Å²) >= 11 is 0. The van der Waals surface area contributed by atoms with Crippen LogP contribution in [0.2, 0.25) is 0 Å². The molecule has 0 bridgehead atoms. The highest BCUT2D eigenvalue weighted by molar-refractivity contribution is 5.73. The molecule has 0 fully saturated rings. The Morgan fingerprint density at radius 3 is 2.67 bits per heavy atom. The monoisotopic (exact) mass is 202 g/mol. The average molecular weight is 202 g/mol. The van der Waals surface area contributed by atoms with E-state index < -0.39 is 0 Å². The maximum absolute atomic E-state index is 5.83. The number of aryl methyl sites for hydroxylation is 1. The Balaban J connectivity index is 2.58. The highest BCUT2D eigenvalue weighted by Crippen LogP contribution is 2.26. The first-order valence-electron chi connectivity index (χ1n) is 4.90. The Labute approximate surface area is 88.5 Å². The zero-order valence-corrected chi connectivity index (χ0v) is 8.64. The van der Waals surface area contributed by atoms with Gasteiger partial charge in [0.1, 0.15) is 12.0 Å². The Morgan fingerprint density at radius 1 is 1.33 bits per heavy atom. The molecule has 0 saturated heterocycles. The van der Waals surface area contributed by atoms with Crippen molar-refractivity contribution in [3.8, 4) is 11.3 Å². The quantitative estimate of drug-likeness (QED) is 0.723. The third kappa shape index (κ3) is 1.54. The van der Waals surface area contributed by atoms with Crippen LogP contribution < -0.4 is 11.6 Å². The van der Waals surface area contributed by atoms with Crippen molar-refractivity contribution in [2.75, 3.05) is 11.6 Å². The molecule has 0 aliphatic heterocycles. The molecule has 0 radical (unpaired) electrons. The molecule has 0 unspecified atom stereocenters. The number of nitrogens with two attached hydrogens (primary N) is 2. The van der Waals surface area contributed by atoms with Gasteiger partial charge in [-0.3, -0.25) is 0 Å². The highest BCUT2D eigenvalue weighted by Gasteiger charge is 2.10. The standard InChI is InChI=1S/C11H14N4/c1-2-8-5-3-4-6-9(8)10-11(12)15(13)7-14-10/h3-7H,2,12-13H2,1H3. The van der Waals surface area contributed by atoms with E-state index >= 15 is 0 Å². The molecule has 0 atom stereocenters. The van der Waals surface area contributed by atoms with E-state index in [9.17, 15) is 0 Å². The lowest BCUT2D eigenvalue weighted by atomic mass is 10.0. The van der Waals surface area contributed by atoms with Crippen molar-refractivity contribution in [1.82, 2.24) is 9.66 Å². The second-order valence-electron chi connectivity index (χ2n) is 3.40. The summed E-state index contributed by atoms with van der Waals surface area (Å²) in [5, 5.41) is 0. The van der Waals surface area contributed by atoms with E-state index in [1.807, 2.05) is 18.2 Å². The van der Waals surface area contributed by atoms with Gasteiger partial charge in [-0.05, 0) is 12.0 Å². The molecule has 2 aromatic rings. The van der Waals surface area contributed by atoms with E-state index in [0.717, 1.165) is 17.7 Å². The number of nitrogen functional groups attached to an aromatic ring is 2. The van der Waals surface area contributed by atoms with Crippen molar-refractivity contribution in [3.05, 3.63) is 36.2 Å². The van der Waals surface area contributed by atoms with E-state index in [-0.39, 0.29) is 0 Å². The summed E-state index contributed by atoms with van der Waals surface area (Å²) in [6.07, 6.45) is 2.48. The van der Waals surface area contributed by atoms with Crippen molar-refractivity contribution in [2.45, 2.75) is 13.3 Å². The minimum atomic E-state index is 0.496. The largest absolute Gasteiger partial charge is 0.382 e. The van der Waals surface area contributed by atoms with E-state index in [1.165, 1.54) is 16.6 Å². The molecule has 4 N–H and O–H groups in total. The second kappa shape index (κ2) is 3.65. The van der Waals surface area contributed by atoms with Gasteiger partial charge in [0.15, 0.2) is 5.82 Å². The minimum Gasteiger partial charge on any atom is -0.382 e. The van der Waals surface area contributed by atoms with E-state index in [4.69, 9.17) is 11.6 Å². The SMILES string of the molecule is CCc1ccccc1-c1ncn(N)c1N. The van der Waals surface area contributed by atoms with Gasteiger partial charge in [-0.15, -0.1) is 0 Å². The zero-order chi connectivity index (χ0) is 10.8. The van der Waals surface area contributed by atoms with Gasteiger partial charge in [0.25, 0.3) is 0 Å². The molecule has 0 aliphatic carbocycles. The molecule has 4 heteroatoms. The lowest BCUT2D eigenvalue weighted by Crippen LogP contribution is -2.10. The lowest BCUT2D eigenvalue weighted by Gasteiger charge is -2.05. The normalized spacial score (nSPS) is 10.5. The Hall–Kier alpha value is -1.97. The number of nitrogens with zero attached hydrogens (tertiary/aromatic N) is 2. The van der Waals surface area contributed by atoms with Gasteiger partial charge in [-0.2, -0.15) is 0 Å². The Bertz CT molecular complexity index is 473. The predicted octanol–water partition coefficient (Wildman–Crippen LogP) is 1.41. The summed E-state index contributed by atoms with van der Waals surface area (Å²) in [5.74, 6) is 6.09. The molecule has 1 aromatic carbocycles. The fourth-order valence-electron chi connectivity index (χ4n) is 1.64. The van der Waals surface area contributed by atoms with Crippen LogP contribution in [0.15, 0.2) is 30.6 Å². The number of hydrogen-bond donors (Lipinski definition) is 2. The summed E-state index contributed by atoms with van der Waals surface area (Å²) < 4.78 is 1.34. The number of rotatable bonds is 2. The molecule has 0 aliphatic rings. The van der Waals surface area contributed by atoms with Crippen LogP contribution in [0, 0.1) is 0 Å². The fraction of sp³-hybridized carbons (Fsp3) is 0.182. The third-order valence-corrected chi connectivity index (χ3v) is 2.49. The van der Waals surface area contributed by atoms with Gasteiger partial charge in [0.05, 0.1) is 0 Å². The maximum Gasteiger partial charge on any atom is 0.150 e. The van der Waals surface area contributed by atoms with Crippen molar-refractivity contribution in [3.63, 3.8) is 0 Å². The van der Waals surface area contributed by atoms with Crippen molar-refractivity contribution in [2.24, 2.45) is 0 Å². The summed E-state index contributed by atoms with van der Waals surface area (Å²) in [5.41, 5.74) is 8.87. The maximum atomic E-state index is 5.83. The Kier molecular flexibility index (Phi) is 2.33. The fourth-order valence-corrected chi connectivity index (χ4v) is 1.64. The van der Waals surface area contributed by atoms with Crippen LogP contribution >= 0.6 is 0 Å². The molecule has 0 saturated carbocycles. The highest BCUT2D eigenvalue weighted by atomic mass is 15.3. The number of hydrogen-bond acceptors (Lipinski definition) is 3. The summed E-state index contributed by atoms with van der Waals surface area (Å²) in [6.45, 7) is 2.11. The molecule has 4 nitrogen and oxygen atoms in total. The van der Waals surface area contributed by atoms with Crippen molar-refractivity contribution < 1.29 is 0 Å². The molecule has 1 heterocycles. The summed E-state index contributed by atoms with van der Waals surface area (Å²) in [7, 11) is 0. The zero-order valence-electron chi connectivity index (χ0n) is 8.64. The first-order chi connectivity index (χ1) is 7.24. The molecule has 0 spiro atoms. The van der Waals surface area contributed by atoms with Crippen molar-refractivity contribution in [1.29, 1.82) is 0 Å². The number of imidazole rings is 1. The van der Waals surface area contributed by atoms with Gasteiger partial charge in [0, 0.05) is 5.56 Å². The Morgan fingerprint density at radius 2 is 2.07 bits per heavy atom. The van der Waals surface area contributed by atoms with Crippen LogP contribution in [0.1, 0.15) is 12.5 Å². The van der Waals surface area contributed by atoms with Gasteiger partial charge in [0.2, 0.25) is 0 Å². The van der Waals surface area contributed by atoms with Crippen LogP contribution in [-0.4, -0.2) is 9.66 Å². The van der Waals surface area contributed by atoms with Crippen LogP contribution in [0.5, 0.6) is 0 Å². The second-order valence-corrected chi connectivity index (χ2v) is 3.40. The van der Waals surface area contributed by atoms with Crippen LogP contribution in [0.25, 0.3) is 11.3 Å². The molecular weight excluding hydrogens is 188 g/mol. The smallest absolute Gasteiger partial charge is 0.150 e. The molecule has 0 amide bonds. The van der Waals surface area contributed by atoms with Crippen LogP contribution in [-0.2, 0) is 6.42 Å². The predicted molar refractivity (Wildman–Crippen MR) is 61.6 cm³/mol. The van der Waals surface area contributed by atoms with Crippen LogP contribution in [0.4, 0.5) is 5.82 Å². The molecule has 1 aromatic heterocycles. The first-order valence-corrected chi connectivity index (χ1v) is 4.90. The summed E-state index contributed by atoms with van der Waals surface area (Å²) in [6, 6.07) is 8.07. The molecular formula is C11H14N4. The molecule has 15 heavy (non-hydrogen) atoms. The molecule has 78 valence electrons. The number of benzene rings is 1. The molecule has 2 rings (SSSR count). The minimum absolute atomic E-state index is 0.496. The van der Waals surface area contributed by atoms with E-state index in [2.05, 4.69) is 18.0 Å². The number of aromatic nitrogens is 2. The van der Waals surface area contributed by atoms with Crippen LogP contribution in [0.3, 0.4) is 0 Å². The van der Waals surface area contributed by atoms with E-state index in [0.29, 0.717) is 5.82 Å².